The highest BCUT2D eigenvalue weighted by Gasteiger charge is 2.22. The summed E-state index contributed by atoms with van der Waals surface area (Å²) in [5, 5.41) is 0. The van der Waals surface area contributed by atoms with Crippen LogP contribution in [0, 0.1) is 0 Å². The Morgan fingerprint density at radius 3 is 2.93 bits per heavy atom. The predicted octanol–water partition coefficient (Wildman–Crippen LogP) is 1.56. The quantitative estimate of drug-likeness (QED) is 0.512. The molecule has 0 fully saturated rings. The van der Waals surface area contributed by atoms with Crippen LogP contribution in [0.4, 0.5) is 11.4 Å². The van der Waals surface area contributed by atoms with Crippen LogP contribution in [0.2, 0.25) is 0 Å². The fraction of sp³-hybridized carbons (Fsp3) is 0.273. The molecule has 4 nitrogen and oxygen atoms in total. The van der Waals surface area contributed by atoms with E-state index in [1.807, 2.05) is 6.07 Å². The number of anilines is 1. The molecule has 1 aromatic carbocycles. The lowest BCUT2D eigenvalue weighted by Gasteiger charge is -2.26. The van der Waals surface area contributed by atoms with E-state index in [1.165, 1.54) is 6.08 Å². The molecule has 1 aliphatic heterocycles. The molecule has 0 aliphatic carbocycles. The number of rotatable bonds is 1. The Kier molecular flexibility index (Phi) is 2.35. The van der Waals surface area contributed by atoms with E-state index in [2.05, 4.69) is 4.99 Å². The molecule has 76 valence electrons. The molecule has 0 saturated heterocycles. The van der Waals surface area contributed by atoms with Crippen molar-refractivity contribution in [2.45, 2.75) is 12.8 Å². The number of fused-ring (bicyclic) bond motifs is 1. The Balaban J connectivity index is 2.57. The molecule has 0 spiro atoms. The standard InChI is InChI=1S/C11H10N2O2/c1-13-10-4-2-3-9(12-7-14)8(10)5-6-11(13)15/h2-4H,5-6H2,1H3. The first-order valence-corrected chi connectivity index (χ1v) is 4.70. The predicted molar refractivity (Wildman–Crippen MR) is 56.0 cm³/mol. The smallest absolute Gasteiger partial charge is 0.240 e. The molecule has 2 rings (SSSR count). The topological polar surface area (TPSA) is 49.7 Å². The molecular formula is C11H10N2O2. The minimum atomic E-state index is 0.0923. The second kappa shape index (κ2) is 3.67. The van der Waals surface area contributed by atoms with Gasteiger partial charge in [-0.15, -0.1) is 0 Å². The van der Waals surface area contributed by atoms with Crippen LogP contribution in [0.15, 0.2) is 23.2 Å². The molecule has 4 heteroatoms. The van der Waals surface area contributed by atoms with E-state index in [0.29, 0.717) is 18.5 Å². The summed E-state index contributed by atoms with van der Waals surface area (Å²) in [5.74, 6) is 0.0923. The fourth-order valence-electron chi connectivity index (χ4n) is 1.82. The number of carbonyl (C=O) groups is 1. The van der Waals surface area contributed by atoms with Crippen molar-refractivity contribution in [1.29, 1.82) is 0 Å². The summed E-state index contributed by atoms with van der Waals surface area (Å²) in [6.45, 7) is 0. The highest BCUT2D eigenvalue weighted by atomic mass is 16.2. The van der Waals surface area contributed by atoms with E-state index in [0.717, 1.165) is 11.3 Å². The van der Waals surface area contributed by atoms with E-state index < -0.39 is 0 Å². The molecule has 0 radical (unpaired) electrons. The zero-order chi connectivity index (χ0) is 10.8. The molecule has 0 saturated carbocycles. The summed E-state index contributed by atoms with van der Waals surface area (Å²) in [6.07, 6.45) is 2.64. The Morgan fingerprint density at radius 2 is 2.20 bits per heavy atom. The van der Waals surface area contributed by atoms with E-state index >= 15 is 0 Å². The molecule has 0 N–H and O–H groups in total. The van der Waals surface area contributed by atoms with Gasteiger partial charge in [0.15, 0.2) is 0 Å². The highest BCUT2D eigenvalue weighted by Crippen LogP contribution is 2.33. The maximum Gasteiger partial charge on any atom is 0.240 e. The number of aliphatic imine (C=N–C) groups is 1. The fourth-order valence-corrected chi connectivity index (χ4v) is 1.82. The minimum Gasteiger partial charge on any atom is -0.315 e. The van der Waals surface area contributed by atoms with Gasteiger partial charge < -0.3 is 4.90 Å². The molecule has 1 aromatic rings. The highest BCUT2D eigenvalue weighted by molar-refractivity contribution is 5.97. The Labute approximate surface area is 87.2 Å². The minimum absolute atomic E-state index is 0.0923. The van der Waals surface area contributed by atoms with E-state index in [-0.39, 0.29) is 5.91 Å². The summed E-state index contributed by atoms with van der Waals surface area (Å²) < 4.78 is 0. The maximum atomic E-state index is 11.4. The number of amides is 1. The van der Waals surface area contributed by atoms with Gasteiger partial charge in [-0.2, -0.15) is 4.99 Å². The SMILES string of the molecule is CN1C(=O)CCc2c(N=C=O)cccc21. The molecule has 15 heavy (non-hydrogen) atoms. The van der Waals surface area contributed by atoms with Crippen LogP contribution in [-0.4, -0.2) is 19.0 Å². The number of benzene rings is 1. The summed E-state index contributed by atoms with van der Waals surface area (Å²) in [4.78, 5) is 26.9. The van der Waals surface area contributed by atoms with Crippen LogP contribution in [0.5, 0.6) is 0 Å². The van der Waals surface area contributed by atoms with Gasteiger partial charge >= 0.3 is 0 Å². The van der Waals surface area contributed by atoms with Crippen LogP contribution >= 0.6 is 0 Å². The molecule has 0 atom stereocenters. The summed E-state index contributed by atoms with van der Waals surface area (Å²) in [7, 11) is 1.73. The lowest BCUT2D eigenvalue weighted by atomic mass is 10.00. The largest absolute Gasteiger partial charge is 0.315 e. The van der Waals surface area contributed by atoms with Gasteiger partial charge in [-0.3, -0.25) is 4.79 Å². The summed E-state index contributed by atoms with van der Waals surface area (Å²) in [6, 6.07) is 5.40. The summed E-state index contributed by atoms with van der Waals surface area (Å²) in [5.41, 5.74) is 2.40. The first-order valence-electron chi connectivity index (χ1n) is 4.70. The molecule has 1 aliphatic rings. The Hall–Kier alpha value is -1.93. The number of hydrogen-bond donors (Lipinski definition) is 0. The number of hydrogen-bond acceptors (Lipinski definition) is 3. The van der Waals surface area contributed by atoms with Gasteiger partial charge in [-0.05, 0) is 18.6 Å². The van der Waals surface area contributed by atoms with Crippen molar-refractivity contribution in [2.75, 3.05) is 11.9 Å². The van der Waals surface area contributed by atoms with Crippen LogP contribution in [0.25, 0.3) is 0 Å². The second-order valence-electron chi connectivity index (χ2n) is 3.43. The van der Waals surface area contributed by atoms with Crippen molar-refractivity contribution in [2.24, 2.45) is 4.99 Å². The third-order valence-corrected chi connectivity index (χ3v) is 2.62. The lowest BCUT2D eigenvalue weighted by molar-refractivity contribution is -0.118. The van der Waals surface area contributed by atoms with Crippen molar-refractivity contribution in [1.82, 2.24) is 0 Å². The van der Waals surface area contributed by atoms with Gasteiger partial charge in [0.05, 0.1) is 5.69 Å². The molecular weight excluding hydrogens is 192 g/mol. The van der Waals surface area contributed by atoms with Gasteiger partial charge in [0, 0.05) is 24.7 Å². The third-order valence-electron chi connectivity index (χ3n) is 2.62. The number of isocyanates is 1. The normalized spacial score (nSPS) is 14.5. The molecule has 1 amide bonds. The lowest BCUT2D eigenvalue weighted by Crippen LogP contribution is -2.30. The molecule has 1 heterocycles. The third kappa shape index (κ3) is 1.55. The Morgan fingerprint density at radius 1 is 1.40 bits per heavy atom. The molecule has 0 aromatic heterocycles. The van der Waals surface area contributed by atoms with Crippen molar-refractivity contribution in [3.8, 4) is 0 Å². The zero-order valence-electron chi connectivity index (χ0n) is 8.36. The van der Waals surface area contributed by atoms with Gasteiger partial charge in [-0.25, -0.2) is 4.79 Å². The monoisotopic (exact) mass is 202 g/mol. The number of nitrogens with zero attached hydrogens (tertiary/aromatic N) is 2. The first kappa shape index (κ1) is 9.62. The van der Waals surface area contributed by atoms with Crippen LogP contribution in [0.1, 0.15) is 12.0 Å². The first-order chi connectivity index (χ1) is 7.24. The van der Waals surface area contributed by atoms with Crippen molar-refractivity contribution >= 4 is 23.4 Å². The Bertz CT molecular complexity index is 462. The van der Waals surface area contributed by atoms with E-state index in [4.69, 9.17) is 0 Å². The van der Waals surface area contributed by atoms with E-state index in [9.17, 15) is 9.59 Å². The maximum absolute atomic E-state index is 11.4. The average Bonchev–Trinajstić information content (AvgIpc) is 2.25. The van der Waals surface area contributed by atoms with Gasteiger partial charge in [-0.1, -0.05) is 6.07 Å². The van der Waals surface area contributed by atoms with Crippen molar-refractivity contribution < 1.29 is 9.59 Å². The second-order valence-corrected chi connectivity index (χ2v) is 3.43. The van der Waals surface area contributed by atoms with E-state index in [1.54, 1.807) is 24.1 Å². The average molecular weight is 202 g/mol. The van der Waals surface area contributed by atoms with Crippen molar-refractivity contribution in [3.63, 3.8) is 0 Å². The van der Waals surface area contributed by atoms with Crippen LogP contribution in [0.3, 0.4) is 0 Å². The zero-order valence-corrected chi connectivity index (χ0v) is 8.36. The number of carbonyl (C=O) groups excluding carboxylic acids is 2. The molecule has 0 unspecified atom stereocenters. The van der Waals surface area contributed by atoms with Crippen molar-refractivity contribution in [3.05, 3.63) is 23.8 Å². The van der Waals surface area contributed by atoms with Gasteiger partial charge in [0.1, 0.15) is 0 Å². The van der Waals surface area contributed by atoms with Crippen LogP contribution in [-0.2, 0) is 16.0 Å². The van der Waals surface area contributed by atoms with Gasteiger partial charge in [0.25, 0.3) is 0 Å². The molecule has 0 bridgehead atoms. The van der Waals surface area contributed by atoms with Crippen LogP contribution < -0.4 is 4.90 Å². The van der Waals surface area contributed by atoms with Gasteiger partial charge in [0.2, 0.25) is 12.0 Å². The summed E-state index contributed by atoms with van der Waals surface area (Å²) >= 11 is 0.